The van der Waals surface area contributed by atoms with Crippen molar-refractivity contribution < 1.29 is 22.7 Å². The number of nitrogens with zero attached hydrogens (tertiary/aromatic N) is 1. The zero-order valence-corrected chi connectivity index (χ0v) is 19.8. The first-order chi connectivity index (χ1) is 12.9. The van der Waals surface area contributed by atoms with Crippen LogP contribution in [0.5, 0.6) is 5.75 Å². The minimum Gasteiger partial charge on any atom is -0.497 e. The highest BCUT2D eigenvalue weighted by Gasteiger charge is 2.56. The molecule has 0 bridgehead atoms. The van der Waals surface area contributed by atoms with Crippen molar-refractivity contribution in [3.05, 3.63) is 29.8 Å². The van der Waals surface area contributed by atoms with Crippen molar-refractivity contribution >= 4 is 18.3 Å². The van der Waals surface area contributed by atoms with E-state index in [1.807, 2.05) is 24.3 Å². The molecule has 0 radical (unpaired) electrons. The number of hydrogen-bond acceptors (Lipinski definition) is 5. The molecule has 1 aromatic carbocycles. The molecule has 0 saturated heterocycles. The maximum atomic E-state index is 13.2. The van der Waals surface area contributed by atoms with Crippen LogP contribution in [0.25, 0.3) is 0 Å². The number of sulfonamides is 1. The fraction of sp³-hybridized carbons (Fsp3) is 0.700. The van der Waals surface area contributed by atoms with Gasteiger partial charge in [0, 0.05) is 19.7 Å². The van der Waals surface area contributed by atoms with Gasteiger partial charge in [0.05, 0.1) is 13.7 Å². The van der Waals surface area contributed by atoms with Crippen LogP contribution in [-0.4, -0.2) is 57.8 Å². The molecule has 2 rings (SSSR count). The van der Waals surface area contributed by atoms with E-state index in [4.69, 9.17) is 9.16 Å². The van der Waals surface area contributed by atoms with Crippen LogP contribution in [0.4, 0.5) is 0 Å². The van der Waals surface area contributed by atoms with E-state index in [0.29, 0.717) is 19.4 Å². The average molecular weight is 430 g/mol. The van der Waals surface area contributed by atoms with E-state index >= 15 is 0 Å². The van der Waals surface area contributed by atoms with Crippen molar-refractivity contribution in [3.63, 3.8) is 0 Å². The minimum atomic E-state index is -3.62. The van der Waals surface area contributed by atoms with Gasteiger partial charge in [-0.25, -0.2) is 8.42 Å². The molecule has 1 fully saturated rings. The number of ether oxygens (including phenoxy) is 1. The predicted molar refractivity (Wildman–Crippen MR) is 115 cm³/mol. The van der Waals surface area contributed by atoms with Crippen molar-refractivity contribution in [2.24, 2.45) is 0 Å². The molecule has 0 heterocycles. The number of aliphatic hydroxyl groups is 1. The quantitative estimate of drug-likeness (QED) is 0.577. The summed E-state index contributed by atoms with van der Waals surface area (Å²) in [6.07, 6.45) is 1.02. The van der Waals surface area contributed by atoms with Gasteiger partial charge in [0.2, 0.25) is 10.0 Å². The highest BCUT2D eigenvalue weighted by atomic mass is 32.2. The van der Waals surface area contributed by atoms with E-state index in [2.05, 4.69) is 33.9 Å². The average Bonchev–Trinajstić information content (AvgIpc) is 3.42. The van der Waals surface area contributed by atoms with Gasteiger partial charge in [-0.05, 0) is 48.7 Å². The Morgan fingerprint density at radius 3 is 2.18 bits per heavy atom. The number of rotatable bonds is 10. The molecular weight excluding hydrogens is 394 g/mol. The number of methoxy groups -OCH3 is 1. The van der Waals surface area contributed by atoms with Gasteiger partial charge in [-0.15, -0.1) is 0 Å². The van der Waals surface area contributed by atoms with Gasteiger partial charge < -0.3 is 14.3 Å². The third-order valence-electron chi connectivity index (χ3n) is 6.11. The predicted octanol–water partition coefficient (Wildman–Crippen LogP) is 3.37. The van der Waals surface area contributed by atoms with Crippen LogP contribution in [-0.2, 0) is 21.0 Å². The van der Waals surface area contributed by atoms with Crippen LogP contribution in [0, 0.1) is 0 Å². The number of hydrogen-bond donors (Lipinski definition) is 1. The number of benzene rings is 1. The summed E-state index contributed by atoms with van der Waals surface area (Å²) in [6, 6.07) is 7.39. The Labute approximate surface area is 171 Å². The molecule has 0 unspecified atom stereocenters. The first-order valence-corrected chi connectivity index (χ1v) is 14.1. The smallest absolute Gasteiger partial charge is 0.222 e. The Morgan fingerprint density at radius 2 is 1.75 bits per heavy atom. The van der Waals surface area contributed by atoms with Gasteiger partial charge in [-0.1, -0.05) is 32.9 Å². The molecule has 0 aromatic heterocycles. The van der Waals surface area contributed by atoms with E-state index in [-0.39, 0.29) is 24.7 Å². The molecule has 0 amide bonds. The molecule has 28 heavy (non-hydrogen) atoms. The Morgan fingerprint density at radius 1 is 1.18 bits per heavy atom. The van der Waals surface area contributed by atoms with E-state index in [1.54, 1.807) is 7.11 Å². The lowest BCUT2D eigenvalue weighted by Crippen LogP contribution is -2.46. The van der Waals surface area contributed by atoms with Crippen molar-refractivity contribution in [3.8, 4) is 5.75 Å². The van der Waals surface area contributed by atoms with Crippen molar-refractivity contribution in [2.75, 3.05) is 26.9 Å². The minimum absolute atomic E-state index is 0.0650. The van der Waals surface area contributed by atoms with Crippen molar-refractivity contribution in [1.29, 1.82) is 0 Å². The molecule has 160 valence electrons. The fourth-order valence-electron chi connectivity index (χ4n) is 2.75. The molecule has 0 aliphatic heterocycles. The van der Waals surface area contributed by atoms with Crippen LogP contribution in [0.3, 0.4) is 0 Å². The van der Waals surface area contributed by atoms with Crippen LogP contribution in [0.1, 0.15) is 39.2 Å². The summed E-state index contributed by atoms with van der Waals surface area (Å²) < 4.78 is 38.3. The molecule has 1 aromatic rings. The fourth-order valence-corrected chi connectivity index (χ4v) is 5.75. The third kappa shape index (κ3) is 4.97. The molecule has 0 atom stereocenters. The SMILES string of the molecule is COc1ccc(CN(CCO[Si](C)(C)C(C)(C)C)S(=O)(=O)C2(CO)CC2)cc1. The second kappa shape index (κ2) is 8.43. The molecule has 1 aliphatic rings. The van der Waals surface area contributed by atoms with Crippen LogP contribution < -0.4 is 4.74 Å². The summed E-state index contributed by atoms with van der Waals surface area (Å²) in [6.45, 7) is 11.4. The van der Waals surface area contributed by atoms with Crippen LogP contribution >= 0.6 is 0 Å². The highest BCUT2D eigenvalue weighted by Crippen LogP contribution is 2.45. The lowest BCUT2D eigenvalue weighted by Gasteiger charge is -2.37. The molecule has 0 spiro atoms. The Bertz CT molecular complexity index is 752. The zero-order chi connectivity index (χ0) is 21.2. The third-order valence-corrected chi connectivity index (χ3v) is 13.3. The summed E-state index contributed by atoms with van der Waals surface area (Å²) in [7, 11) is -3.98. The second-order valence-electron chi connectivity index (χ2n) is 9.14. The lowest BCUT2D eigenvalue weighted by molar-refractivity contribution is 0.241. The first kappa shape index (κ1) is 23.3. The summed E-state index contributed by atoms with van der Waals surface area (Å²) in [5, 5.41) is 9.76. The first-order valence-electron chi connectivity index (χ1n) is 9.76. The summed E-state index contributed by atoms with van der Waals surface area (Å²) in [5.74, 6) is 0.730. The van der Waals surface area contributed by atoms with Gasteiger partial charge >= 0.3 is 0 Å². The van der Waals surface area contributed by atoms with Gasteiger partial charge in [0.15, 0.2) is 8.32 Å². The maximum absolute atomic E-state index is 13.2. The Kier molecular flexibility index (Phi) is 7.03. The van der Waals surface area contributed by atoms with Gasteiger partial charge in [0.1, 0.15) is 10.5 Å². The normalized spacial score (nSPS) is 17.0. The molecule has 1 aliphatic carbocycles. The Hall–Kier alpha value is -0.933. The largest absolute Gasteiger partial charge is 0.497 e. The summed E-state index contributed by atoms with van der Waals surface area (Å²) in [5.41, 5.74) is 0.880. The van der Waals surface area contributed by atoms with E-state index in [9.17, 15) is 13.5 Å². The van der Waals surface area contributed by atoms with Crippen molar-refractivity contribution in [1.82, 2.24) is 4.31 Å². The molecule has 1 saturated carbocycles. The molecular formula is C20H35NO5SSi. The molecule has 8 heteroatoms. The highest BCUT2D eigenvalue weighted by molar-refractivity contribution is 7.90. The monoisotopic (exact) mass is 429 g/mol. The molecule has 6 nitrogen and oxygen atoms in total. The van der Waals surface area contributed by atoms with E-state index in [1.165, 1.54) is 4.31 Å². The van der Waals surface area contributed by atoms with Gasteiger partial charge in [-0.3, -0.25) is 0 Å². The van der Waals surface area contributed by atoms with E-state index < -0.39 is 23.1 Å². The Balaban J connectivity index is 2.17. The van der Waals surface area contributed by atoms with Crippen LogP contribution in [0.2, 0.25) is 18.1 Å². The van der Waals surface area contributed by atoms with Gasteiger partial charge in [-0.2, -0.15) is 4.31 Å². The molecule has 1 N–H and O–H groups in total. The second-order valence-corrected chi connectivity index (χ2v) is 16.3. The van der Waals surface area contributed by atoms with Crippen LogP contribution in [0.15, 0.2) is 24.3 Å². The van der Waals surface area contributed by atoms with E-state index in [0.717, 1.165) is 11.3 Å². The standard InChI is InChI=1S/C20H35NO5SSi/c1-19(2,3)28(5,6)26-14-13-21(27(23,24)20(16-22)11-12-20)15-17-7-9-18(25-4)10-8-17/h7-10,22H,11-16H2,1-6H3. The summed E-state index contributed by atoms with van der Waals surface area (Å²) in [4.78, 5) is 0. The summed E-state index contributed by atoms with van der Waals surface area (Å²) >= 11 is 0. The maximum Gasteiger partial charge on any atom is 0.222 e. The van der Waals surface area contributed by atoms with Gasteiger partial charge in [0.25, 0.3) is 0 Å². The number of aliphatic hydroxyl groups excluding tert-OH is 1. The topological polar surface area (TPSA) is 76.1 Å². The zero-order valence-electron chi connectivity index (χ0n) is 18.0. The van der Waals surface area contributed by atoms with Crippen molar-refractivity contribution in [2.45, 2.75) is 63.0 Å². The lowest BCUT2D eigenvalue weighted by atomic mass is 10.2.